The van der Waals surface area contributed by atoms with Crippen LogP contribution in [0, 0.1) is 5.82 Å². The van der Waals surface area contributed by atoms with Gasteiger partial charge < -0.3 is 14.2 Å². The van der Waals surface area contributed by atoms with Crippen LogP contribution in [0.25, 0.3) is 22.4 Å². The molecular weight excluding hydrogens is 417 g/mol. The van der Waals surface area contributed by atoms with Crippen LogP contribution < -0.4 is 5.56 Å². The molecule has 1 fully saturated rings. The fourth-order valence-electron chi connectivity index (χ4n) is 4.43. The van der Waals surface area contributed by atoms with Crippen LogP contribution in [0.4, 0.5) is 4.39 Å². The third-order valence-electron chi connectivity index (χ3n) is 5.93. The fraction of sp³-hybridized carbons (Fsp3) is 0.381. The average Bonchev–Trinajstić information content (AvgIpc) is 3.51. The van der Waals surface area contributed by atoms with Crippen LogP contribution in [0.2, 0.25) is 0 Å². The number of rotatable bonds is 5. The molecule has 1 aliphatic rings. The summed E-state index contributed by atoms with van der Waals surface area (Å²) in [5.41, 5.74) is 1.70. The number of benzene rings is 1. The highest BCUT2D eigenvalue weighted by molar-refractivity contribution is 5.81. The van der Waals surface area contributed by atoms with Crippen molar-refractivity contribution in [2.75, 3.05) is 20.3 Å². The van der Waals surface area contributed by atoms with E-state index >= 15 is 0 Å². The molecule has 1 saturated heterocycles. The molecule has 0 aliphatic carbocycles. The summed E-state index contributed by atoms with van der Waals surface area (Å²) in [6, 6.07) is 4.14. The molecule has 32 heavy (non-hydrogen) atoms. The fourth-order valence-corrected chi connectivity index (χ4v) is 4.43. The van der Waals surface area contributed by atoms with E-state index in [2.05, 4.69) is 15.3 Å². The summed E-state index contributed by atoms with van der Waals surface area (Å²) in [4.78, 5) is 31.6. The smallest absolute Gasteiger partial charge is 0.279 e. The molecule has 1 unspecified atom stereocenters. The Morgan fingerprint density at radius 1 is 1.31 bits per heavy atom. The summed E-state index contributed by atoms with van der Waals surface area (Å²) in [6.07, 6.45) is 4.94. The van der Waals surface area contributed by atoms with Crippen molar-refractivity contribution in [3.05, 3.63) is 52.6 Å². The number of likely N-dealkylation sites (tertiary alicyclic amines) is 1. The maximum Gasteiger partial charge on any atom is 0.279 e. The largest absolute Gasteiger partial charge is 0.383 e. The standard InChI is InChI=1S/C21H22FN7O3/c1-13(30)26-7-3-4-16(26)15-11-29(25-24-15)20-19-21(31)27(8-9-32-2)18-10-14(22)5-6-17(18)28(19)12-23-20/h5-6,10-12,16H,3-4,7-9H2,1-2H3. The van der Waals surface area contributed by atoms with Gasteiger partial charge in [-0.05, 0) is 31.0 Å². The summed E-state index contributed by atoms with van der Waals surface area (Å²) in [5, 5.41) is 8.45. The molecule has 11 heteroatoms. The third kappa shape index (κ3) is 3.16. The highest BCUT2D eigenvalue weighted by Gasteiger charge is 2.30. The van der Waals surface area contributed by atoms with E-state index in [1.807, 2.05) is 0 Å². The van der Waals surface area contributed by atoms with Crippen LogP contribution in [0.15, 0.2) is 35.5 Å². The van der Waals surface area contributed by atoms with E-state index in [1.54, 1.807) is 35.6 Å². The van der Waals surface area contributed by atoms with Crippen molar-refractivity contribution < 1.29 is 13.9 Å². The van der Waals surface area contributed by atoms with Crippen LogP contribution in [-0.2, 0) is 16.1 Å². The molecule has 1 amide bonds. The summed E-state index contributed by atoms with van der Waals surface area (Å²) in [6.45, 7) is 2.78. The summed E-state index contributed by atoms with van der Waals surface area (Å²) < 4.78 is 23.7. The first kappa shape index (κ1) is 20.3. The van der Waals surface area contributed by atoms with Crippen LogP contribution in [-0.4, -0.2) is 60.0 Å². The van der Waals surface area contributed by atoms with Gasteiger partial charge in [-0.25, -0.2) is 9.37 Å². The van der Waals surface area contributed by atoms with E-state index in [0.29, 0.717) is 41.2 Å². The molecule has 4 heterocycles. The summed E-state index contributed by atoms with van der Waals surface area (Å²) in [5.74, 6) is -0.122. The van der Waals surface area contributed by atoms with Gasteiger partial charge in [0.05, 0.1) is 29.9 Å². The molecular formula is C21H22FN7O3. The van der Waals surface area contributed by atoms with Gasteiger partial charge in [0.25, 0.3) is 5.56 Å². The first-order chi connectivity index (χ1) is 15.5. The number of ether oxygens (including phenoxy) is 1. The predicted octanol–water partition coefficient (Wildman–Crippen LogP) is 1.70. The number of amides is 1. The molecule has 0 radical (unpaired) electrons. The zero-order chi connectivity index (χ0) is 22.4. The molecule has 3 aromatic heterocycles. The monoisotopic (exact) mass is 439 g/mol. The lowest BCUT2D eigenvalue weighted by molar-refractivity contribution is -0.129. The van der Waals surface area contributed by atoms with Gasteiger partial charge in [-0.3, -0.25) is 14.0 Å². The molecule has 166 valence electrons. The van der Waals surface area contributed by atoms with Gasteiger partial charge in [0, 0.05) is 27.1 Å². The minimum atomic E-state index is -0.435. The second-order valence-electron chi connectivity index (χ2n) is 7.83. The summed E-state index contributed by atoms with van der Waals surface area (Å²) >= 11 is 0. The number of aromatic nitrogens is 6. The topological polar surface area (TPSA) is 99.5 Å². The Morgan fingerprint density at radius 2 is 2.16 bits per heavy atom. The molecule has 0 N–H and O–H groups in total. The molecule has 4 aromatic rings. The lowest BCUT2D eigenvalue weighted by Gasteiger charge is -2.20. The number of imidazole rings is 1. The highest BCUT2D eigenvalue weighted by Crippen LogP contribution is 2.31. The van der Waals surface area contributed by atoms with Gasteiger partial charge in [-0.15, -0.1) is 5.10 Å². The number of carbonyl (C=O) groups is 1. The number of nitrogens with zero attached hydrogens (tertiary/aromatic N) is 7. The van der Waals surface area contributed by atoms with Crippen molar-refractivity contribution in [2.24, 2.45) is 0 Å². The van der Waals surface area contributed by atoms with E-state index in [4.69, 9.17) is 4.74 Å². The minimum Gasteiger partial charge on any atom is -0.383 e. The summed E-state index contributed by atoms with van der Waals surface area (Å²) in [7, 11) is 1.54. The molecule has 1 aliphatic heterocycles. The minimum absolute atomic E-state index is 0.00535. The lowest BCUT2D eigenvalue weighted by Crippen LogP contribution is -2.28. The van der Waals surface area contributed by atoms with E-state index in [-0.39, 0.29) is 24.1 Å². The number of carbonyl (C=O) groups excluding carboxylic acids is 1. The zero-order valence-corrected chi connectivity index (χ0v) is 17.7. The number of hydrogen-bond acceptors (Lipinski definition) is 6. The second kappa shape index (κ2) is 7.83. The normalized spacial score (nSPS) is 16.5. The number of halogens is 1. The maximum absolute atomic E-state index is 14.0. The van der Waals surface area contributed by atoms with Gasteiger partial charge in [0.2, 0.25) is 5.91 Å². The van der Waals surface area contributed by atoms with Crippen molar-refractivity contribution in [1.29, 1.82) is 0 Å². The van der Waals surface area contributed by atoms with Crippen molar-refractivity contribution >= 4 is 22.5 Å². The average molecular weight is 439 g/mol. The van der Waals surface area contributed by atoms with Crippen LogP contribution in [0.1, 0.15) is 31.5 Å². The quantitative estimate of drug-likeness (QED) is 0.469. The van der Waals surface area contributed by atoms with Crippen LogP contribution >= 0.6 is 0 Å². The Hall–Kier alpha value is -3.60. The van der Waals surface area contributed by atoms with E-state index in [9.17, 15) is 14.0 Å². The van der Waals surface area contributed by atoms with E-state index < -0.39 is 5.82 Å². The van der Waals surface area contributed by atoms with Gasteiger partial charge in [0.15, 0.2) is 11.3 Å². The van der Waals surface area contributed by atoms with Crippen molar-refractivity contribution in [2.45, 2.75) is 32.4 Å². The molecule has 1 atom stereocenters. The lowest BCUT2D eigenvalue weighted by atomic mass is 10.1. The first-order valence-electron chi connectivity index (χ1n) is 10.4. The predicted molar refractivity (Wildman–Crippen MR) is 113 cm³/mol. The second-order valence-corrected chi connectivity index (χ2v) is 7.83. The van der Waals surface area contributed by atoms with Crippen molar-refractivity contribution in [1.82, 2.24) is 33.8 Å². The van der Waals surface area contributed by atoms with Gasteiger partial charge >= 0.3 is 0 Å². The Balaban J connectivity index is 1.67. The molecule has 0 spiro atoms. The van der Waals surface area contributed by atoms with E-state index in [1.165, 1.54) is 27.7 Å². The first-order valence-corrected chi connectivity index (χ1v) is 10.4. The van der Waals surface area contributed by atoms with Crippen LogP contribution in [0.3, 0.4) is 0 Å². The Labute approximate surface area is 181 Å². The molecule has 1 aromatic carbocycles. The number of fused-ring (bicyclic) bond motifs is 3. The molecule has 5 rings (SSSR count). The Bertz CT molecular complexity index is 1390. The molecule has 0 saturated carbocycles. The van der Waals surface area contributed by atoms with Gasteiger partial charge in [-0.1, -0.05) is 5.21 Å². The molecule has 0 bridgehead atoms. The van der Waals surface area contributed by atoms with Crippen LogP contribution in [0.5, 0.6) is 0 Å². The van der Waals surface area contributed by atoms with Crippen molar-refractivity contribution in [3.63, 3.8) is 0 Å². The third-order valence-corrected chi connectivity index (χ3v) is 5.93. The van der Waals surface area contributed by atoms with Gasteiger partial charge in [-0.2, -0.15) is 4.68 Å². The SMILES string of the molecule is COCCn1c(=O)c2c(-n3cc(C4CCCN4C(C)=O)nn3)ncn2c2ccc(F)cc21. The molecule has 10 nitrogen and oxygen atoms in total. The Morgan fingerprint density at radius 3 is 2.94 bits per heavy atom. The Kier molecular flexibility index (Phi) is 4.97. The maximum atomic E-state index is 14.0. The van der Waals surface area contributed by atoms with Gasteiger partial charge in [0.1, 0.15) is 17.8 Å². The number of methoxy groups -OCH3 is 1. The van der Waals surface area contributed by atoms with E-state index in [0.717, 1.165) is 12.8 Å². The van der Waals surface area contributed by atoms with Crippen molar-refractivity contribution in [3.8, 4) is 5.82 Å². The number of hydrogen-bond donors (Lipinski definition) is 0. The highest BCUT2D eigenvalue weighted by atomic mass is 19.1. The zero-order valence-electron chi connectivity index (χ0n) is 17.7.